The zero-order chi connectivity index (χ0) is 13.1. The summed E-state index contributed by atoms with van der Waals surface area (Å²) >= 11 is 5.82. The molecule has 0 aliphatic rings. The summed E-state index contributed by atoms with van der Waals surface area (Å²) in [6.45, 7) is 0. The third-order valence-electron chi connectivity index (χ3n) is 2.21. The maximum absolute atomic E-state index is 10.5. The molecule has 0 amide bonds. The third-order valence-corrected chi connectivity index (χ3v) is 2.59. The number of carboxylic acid groups (broad SMARTS) is 1. The van der Waals surface area contributed by atoms with Gasteiger partial charge in [0.2, 0.25) is 5.88 Å². The van der Waals surface area contributed by atoms with Gasteiger partial charge in [0.05, 0.1) is 11.4 Å². The fraction of sp³-hybridized carbons (Fsp3) is 0. The minimum atomic E-state index is -1.49. The summed E-state index contributed by atoms with van der Waals surface area (Å²) < 4.78 is 4.48. The van der Waals surface area contributed by atoms with Gasteiger partial charge in [-0.3, -0.25) is 0 Å². The molecule has 3 N–H and O–H groups in total. The molecule has 18 heavy (non-hydrogen) atoms. The highest BCUT2D eigenvalue weighted by atomic mass is 35.5. The van der Waals surface area contributed by atoms with Crippen molar-refractivity contribution in [3.8, 4) is 17.1 Å². The van der Waals surface area contributed by atoms with Gasteiger partial charge in [0.25, 0.3) is 0 Å². The summed E-state index contributed by atoms with van der Waals surface area (Å²) in [6.07, 6.45) is -1.49. The first-order valence-corrected chi connectivity index (χ1v) is 5.38. The molecule has 5 nitrogen and oxygen atoms in total. The standard InChI is InChI=1S/C12H9ClN2O3/c13-10-8(14)6-9(7-4-2-1-3-5-7)15-11(10)18-12(16)17/h1-6H,(H2,14,15)(H,16,17). The molecular weight excluding hydrogens is 256 g/mol. The van der Waals surface area contributed by atoms with Crippen LogP contribution in [0.25, 0.3) is 11.3 Å². The van der Waals surface area contributed by atoms with Gasteiger partial charge in [-0.2, -0.15) is 0 Å². The molecule has 0 aliphatic heterocycles. The van der Waals surface area contributed by atoms with Crippen LogP contribution in [0.15, 0.2) is 36.4 Å². The van der Waals surface area contributed by atoms with E-state index in [0.29, 0.717) is 5.69 Å². The van der Waals surface area contributed by atoms with Crippen molar-refractivity contribution in [2.75, 3.05) is 5.73 Å². The fourth-order valence-corrected chi connectivity index (χ4v) is 1.57. The highest BCUT2D eigenvalue weighted by Gasteiger charge is 2.14. The zero-order valence-corrected chi connectivity index (χ0v) is 9.89. The lowest BCUT2D eigenvalue weighted by atomic mass is 10.1. The number of pyridine rings is 1. The lowest BCUT2D eigenvalue weighted by molar-refractivity contribution is 0.142. The first-order chi connectivity index (χ1) is 8.58. The molecule has 0 bridgehead atoms. The van der Waals surface area contributed by atoms with Gasteiger partial charge in [0, 0.05) is 5.56 Å². The van der Waals surface area contributed by atoms with Crippen LogP contribution in [-0.2, 0) is 0 Å². The first kappa shape index (κ1) is 12.2. The Morgan fingerprint density at radius 2 is 2.00 bits per heavy atom. The maximum Gasteiger partial charge on any atom is 0.512 e. The molecule has 0 aliphatic carbocycles. The van der Waals surface area contributed by atoms with E-state index in [-0.39, 0.29) is 16.6 Å². The van der Waals surface area contributed by atoms with Crippen LogP contribution < -0.4 is 10.5 Å². The number of benzene rings is 1. The van der Waals surface area contributed by atoms with Gasteiger partial charge in [-0.15, -0.1) is 0 Å². The van der Waals surface area contributed by atoms with E-state index in [9.17, 15) is 4.79 Å². The number of anilines is 1. The van der Waals surface area contributed by atoms with Crippen LogP contribution in [-0.4, -0.2) is 16.2 Å². The molecule has 0 radical (unpaired) electrons. The molecule has 0 saturated carbocycles. The van der Waals surface area contributed by atoms with Crippen LogP contribution in [0.2, 0.25) is 5.02 Å². The Balaban J connectivity index is 2.51. The second-order valence-corrected chi connectivity index (χ2v) is 3.83. The lowest BCUT2D eigenvalue weighted by Gasteiger charge is -2.08. The SMILES string of the molecule is Nc1cc(-c2ccccc2)nc(OC(=O)O)c1Cl. The summed E-state index contributed by atoms with van der Waals surface area (Å²) in [5, 5.41) is 8.57. The minimum Gasteiger partial charge on any atom is -0.449 e. The van der Waals surface area contributed by atoms with Crippen molar-refractivity contribution in [3.63, 3.8) is 0 Å². The number of hydrogen-bond donors (Lipinski definition) is 2. The van der Waals surface area contributed by atoms with Crippen molar-refractivity contribution in [1.82, 2.24) is 4.98 Å². The van der Waals surface area contributed by atoms with Crippen LogP contribution in [0.3, 0.4) is 0 Å². The van der Waals surface area contributed by atoms with E-state index in [0.717, 1.165) is 5.56 Å². The average molecular weight is 265 g/mol. The Kier molecular flexibility index (Phi) is 3.34. The van der Waals surface area contributed by atoms with E-state index < -0.39 is 6.16 Å². The van der Waals surface area contributed by atoms with Gasteiger partial charge in [-0.25, -0.2) is 9.78 Å². The molecule has 1 heterocycles. The molecule has 0 atom stereocenters. The van der Waals surface area contributed by atoms with E-state index in [1.807, 2.05) is 30.3 Å². The van der Waals surface area contributed by atoms with Crippen LogP contribution in [0.5, 0.6) is 5.88 Å². The minimum absolute atomic E-state index is 0.0166. The monoisotopic (exact) mass is 264 g/mol. The third kappa shape index (κ3) is 2.52. The van der Waals surface area contributed by atoms with Crippen molar-refractivity contribution >= 4 is 23.4 Å². The number of aromatic nitrogens is 1. The predicted octanol–water partition coefficient (Wildman–Crippen LogP) is 3.04. The Hall–Kier alpha value is -2.27. The average Bonchev–Trinajstić information content (AvgIpc) is 2.35. The predicted molar refractivity (Wildman–Crippen MR) is 67.7 cm³/mol. The lowest BCUT2D eigenvalue weighted by Crippen LogP contribution is -2.06. The van der Waals surface area contributed by atoms with Gasteiger partial charge in [-0.05, 0) is 6.07 Å². The summed E-state index contributed by atoms with van der Waals surface area (Å²) in [5.41, 5.74) is 7.18. The molecule has 1 aromatic carbocycles. The number of halogens is 1. The summed E-state index contributed by atoms with van der Waals surface area (Å²) in [4.78, 5) is 14.5. The van der Waals surface area contributed by atoms with Crippen molar-refractivity contribution in [2.24, 2.45) is 0 Å². The number of nitrogen functional groups attached to an aromatic ring is 1. The van der Waals surface area contributed by atoms with Gasteiger partial charge in [-0.1, -0.05) is 41.9 Å². The van der Waals surface area contributed by atoms with Gasteiger partial charge < -0.3 is 15.6 Å². The van der Waals surface area contributed by atoms with Gasteiger partial charge >= 0.3 is 6.16 Å². The van der Waals surface area contributed by atoms with Crippen LogP contribution in [0.4, 0.5) is 10.5 Å². The van der Waals surface area contributed by atoms with Crippen molar-refractivity contribution in [2.45, 2.75) is 0 Å². The van der Waals surface area contributed by atoms with Crippen LogP contribution >= 0.6 is 11.6 Å². The molecule has 92 valence electrons. The Morgan fingerprint density at radius 3 is 2.61 bits per heavy atom. The van der Waals surface area contributed by atoms with Crippen molar-refractivity contribution in [3.05, 3.63) is 41.4 Å². The number of ether oxygens (including phenoxy) is 1. The molecule has 0 fully saturated rings. The van der Waals surface area contributed by atoms with E-state index in [1.165, 1.54) is 0 Å². The van der Waals surface area contributed by atoms with Crippen molar-refractivity contribution in [1.29, 1.82) is 0 Å². The van der Waals surface area contributed by atoms with E-state index in [2.05, 4.69) is 9.72 Å². The second-order valence-electron chi connectivity index (χ2n) is 3.45. The second kappa shape index (κ2) is 4.93. The molecule has 2 aromatic rings. The van der Waals surface area contributed by atoms with Crippen LogP contribution in [0, 0.1) is 0 Å². The van der Waals surface area contributed by atoms with E-state index >= 15 is 0 Å². The fourth-order valence-electron chi connectivity index (χ4n) is 1.43. The van der Waals surface area contributed by atoms with E-state index in [1.54, 1.807) is 6.07 Å². The van der Waals surface area contributed by atoms with Crippen LogP contribution in [0.1, 0.15) is 0 Å². The van der Waals surface area contributed by atoms with E-state index in [4.69, 9.17) is 22.4 Å². The highest BCUT2D eigenvalue weighted by molar-refractivity contribution is 6.34. The Labute approximate surface area is 108 Å². The molecule has 6 heteroatoms. The molecule has 1 aromatic heterocycles. The molecule has 0 spiro atoms. The zero-order valence-electron chi connectivity index (χ0n) is 9.13. The molecule has 0 unspecified atom stereocenters. The number of nitrogens with zero attached hydrogens (tertiary/aromatic N) is 1. The summed E-state index contributed by atoms with van der Waals surface area (Å²) in [7, 11) is 0. The maximum atomic E-state index is 10.5. The van der Waals surface area contributed by atoms with Crippen molar-refractivity contribution < 1.29 is 14.6 Å². The first-order valence-electron chi connectivity index (χ1n) is 5.00. The summed E-state index contributed by atoms with van der Waals surface area (Å²) in [6, 6.07) is 10.7. The Morgan fingerprint density at radius 1 is 1.33 bits per heavy atom. The van der Waals surface area contributed by atoms with Gasteiger partial charge in [0.1, 0.15) is 5.02 Å². The number of nitrogens with two attached hydrogens (primary N) is 1. The highest BCUT2D eigenvalue weighted by Crippen LogP contribution is 2.32. The molecular formula is C12H9ClN2O3. The largest absolute Gasteiger partial charge is 0.512 e. The van der Waals surface area contributed by atoms with Gasteiger partial charge in [0.15, 0.2) is 0 Å². The Bertz CT molecular complexity index is 587. The number of rotatable bonds is 2. The molecule has 0 saturated heterocycles. The quantitative estimate of drug-likeness (QED) is 0.814. The number of hydrogen-bond acceptors (Lipinski definition) is 4. The number of carbonyl (C=O) groups is 1. The smallest absolute Gasteiger partial charge is 0.449 e. The molecule has 2 rings (SSSR count). The topological polar surface area (TPSA) is 85.4 Å². The summed E-state index contributed by atoms with van der Waals surface area (Å²) in [5.74, 6) is -0.219. The normalized spacial score (nSPS) is 10.1.